The quantitative estimate of drug-likeness (QED) is 0.635. The van der Waals surface area contributed by atoms with Crippen molar-refractivity contribution in [3.05, 3.63) is 0 Å². The van der Waals surface area contributed by atoms with Gasteiger partial charge in [-0.25, -0.2) is 10.4 Å². The molecule has 0 aromatic heterocycles. The third-order valence-electron chi connectivity index (χ3n) is 1.97. The topological polar surface area (TPSA) is 44.4 Å². The van der Waals surface area contributed by atoms with Crippen molar-refractivity contribution >= 4 is 5.91 Å². The predicted molar refractivity (Wildman–Crippen MR) is 53.9 cm³/mol. The number of nitrogens with zero attached hydrogens (tertiary/aromatic N) is 1. The van der Waals surface area contributed by atoms with Crippen LogP contribution in [0.3, 0.4) is 0 Å². The average molecular weight is 187 g/mol. The van der Waals surface area contributed by atoms with Gasteiger partial charge in [0.15, 0.2) is 0 Å². The molecule has 2 atom stereocenters. The molecule has 13 heavy (non-hydrogen) atoms. The molecule has 0 spiro atoms. The van der Waals surface area contributed by atoms with E-state index >= 15 is 0 Å². The molecule has 1 heterocycles. The predicted octanol–water partition coefficient (Wildman–Crippen LogP) is 0.703. The van der Waals surface area contributed by atoms with Crippen molar-refractivity contribution in [2.24, 2.45) is 0 Å². The standard InChI is InChI=1S/C7H15N3O.C2H6/c1-5-4-7(8-6(2)11)9-10(5)3;1-2/h5,7,9H,4H2,1-3H3,(H,8,11);1-2H3. The summed E-state index contributed by atoms with van der Waals surface area (Å²) in [4.78, 5) is 10.6. The van der Waals surface area contributed by atoms with Crippen molar-refractivity contribution in [1.82, 2.24) is 15.8 Å². The van der Waals surface area contributed by atoms with Gasteiger partial charge in [0, 0.05) is 20.0 Å². The second-order valence-electron chi connectivity index (χ2n) is 3.08. The third kappa shape index (κ3) is 4.24. The largest absolute Gasteiger partial charge is 0.340 e. The lowest BCUT2D eigenvalue weighted by Crippen LogP contribution is -2.44. The van der Waals surface area contributed by atoms with Gasteiger partial charge in [0.05, 0.1) is 6.17 Å². The number of hydrazine groups is 1. The molecule has 0 aliphatic carbocycles. The van der Waals surface area contributed by atoms with E-state index in [2.05, 4.69) is 17.7 Å². The second-order valence-corrected chi connectivity index (χ2v) is 3.08. The van der Waals surface area contributed by atoms with E-state index in [1.54, 1.807) is 0 Å². The lowest BCUT2D eigenvalue weighted by atomic mass is 10.2. The summed E-state index contributed by atoms with van der Waals surface area (Å²) in [5.74, 6) is 0.0185. The molecule has 78 valence electrons. The SMILES string of the molecule is CC.CC(=O)NC1CC(C)N(C)N1. The zero-order valence-corrected chi connectivity index (χ0v) is 9.22. The molecule has 0 aromatic carbocycles. The van der Waals surface area contributed by atoms with Gasteiger partial charge in [-0.15, -0.1) is 0 Å². The zero-order valence-electron chi connectivity index (χ0n) is 9.22. The van der Waals surface area contributed by atoms with Gasteiger partial charge in [0.1, 0.15) is 0 Å². The normalized spacial score (nSPS) is 27.8. The molecule has 1 amide bonds. The molecule has 4 nitrogen and oxygen atoms in total. The van der Waals surface area contributed by atoms with E-state index < -0.39 is 0 Å². The van der Waals surface area contributed by atoms with Crippen LogP contribution in [-0.4, -0.2) is 30.2 Å². The number of hydrogen-bond donors (Lipinski definition) is 2. The number of rotatable bonds is 1. The molecule has 1 aliphatic rings. The number of carbonyl (C=O) groups excluding carboxylic acids is 1. The molecule has 0 saturated carbocycles. The lowest BCUT2D eigenvalue weighted by molar-refractivity contribution is -0.119. The molecule has 2 unspecified atom stereocenters. The first-order valence-electron chi connectivity index (χ1n) is 4.85. The highest BCUT2D eigenvalue weighted by Crippen LogP contribution is 2.09. The van der Waals surface area contributed by atoms with Gasteiger partial charge in [-0.05, 0) is 13.3 Å². The van der Waals surface area contributed by atoms with E-state index in [-0.39, 0.29) is 12.1 Å². The van der Waals surface area contributed by atoms with Crippen molar-refractivity contribution in [1.29, 1.82) is 0 Å². The number of amides is 1. The van der Waals surface area contributed by atoms with Crippen LogP contribution in [0.2, 0.25) is 0 Å². The smallest absolute Gasteiger partial charge is 0.218 e. The molecule has 0 aromatic rings. The fourth-order valence-corrected chi connectivity index (χ4v) is 1.26. The molecule has 2 N–H and O–H groups in total. The van der Waals surface area contributed by atoms with E-state index in [1.165, 1.54) is 6.92 Å². The van der Waals surface area contributed by atoms with Crippen LogP contribution in [0.1, 0.15) is 34.1 Å². The maximum absolute atomic E-state index is 10.6. The molecule has 1 fully saturated rings. The maximum atomic E-state index is 10.6. The molecular formula is C9H21N3O. The molecule has 1 aliphatic heterocycles. The van der Waals surface area contributed by atoms with Crippen LogP contribution in [0.15, 0.2) is 0 Å². The summed E-state index contributed by atoms with van der Waals surface area (Å²) in [5.41, 5.74) is 3.14. The summed E-state index contributed by atoms with van der Waals surface area (Å²) in [7, 11) is 1.98. The van der Waals surface area contributed by atoms with Crippen molar-refractivity contribution in [2.75, 3.05) is 7.05 Å². The number of nitrogens with one attached hydrogen (secondary N) is 2. The molecule has 0 radical (unpaired) electrons. The summed E-state index contributed by atoms with van der Waals surface area (Å²) in [6.07, 6.45) is 1.09. The van der Waals surface area contributed by atoms with E-state index in [0.29, 0.717) is 6.04 Å². The summed E-state index contributed by atoms with van der Waals surface area (Å²) in [6, 6.07) is 0.492. The first-order valence-corrected chi connectivity index (χ1v) is 4.85. The third-order valence-corrected chi connectivity index (χ3v) is 1.97. The fraction of sp³-hybridized carbons (Fsp3) is 0.889. The van der Waals surface area contributed by atoms with Gasteiger partial charge in [-0.1, -0.05) is 13.8 Å². The van der Waals surface area contributed by atoms with Crippen LogP contribution in [0.25, 0.3) is 0 Å². The Hall–Kier alpha value is -0.610. The Bertz CT molecular complexity index is 151. The maximum Gasteiger partial charge on any atom is 0.218 e. The van der Waals surface area contributed by atoms with Crippen molar-refractivity contribution in [3.63, 3.8) is 0 Å². The molecule has 1 rings (SSSR count). The molecular weight excluding hydrogens is 166 g/mol. The number of carbonyl (C=O) groups is 1. The van der Waals surface area contributed by atoms with Crippen molar-refractivity contribution in [3.8, 4) is 0 Å². The fourth-order valence-electron chi connectivity index (χ4n) is 1.26. The Morgan fingerprint density at radius 2 is 2.08 bits per heavy atom. The molecule has 4 heteroatoms. The van der Waals surface area contributed by atoms with E-state index in [4.69, 9.17) is 0 Å². The van der Waals surface area contributed by atoms with E-state index in [9.17, 15) is 4.79 Å². The summed E-state index contributed by atoms with van der Waals surface area (Å²) in [6.45, 7) is 7.65. The molecule has 0 bridgehead atoms. The van der Waals surface area contributed by atoms with Gasteiger partial charge in [0.25, 0.3) is 0 Å². The zero-order chi connectivity index (χ0) is 10.4. The Morgan fingerprint density at radius 1 is 1.54 bits per heavy atom. The first-order chi connectivity index (χ1) is 6.09. The highest BCUT2D eigenvalue weighted by molar-refractivity contribution is 5.73. The van der Waals surface area contributed by atoms with Gasteiger partial charge in [-0.2, -0.15) is 0 Å². The van der Waals surface area contributed by atoms with Gasteiger partial charge >= 0.3 is 0 Å². The highest BCUT2D eigenvalue weighted by atomic mass is 16.1. The van der Waals surface area contributed by atoms with Crippen LogP contribution < -0.4 is 10.7 Å². The van der Waals surface area contributed by atoms with E-state index in [1.807, 2.05) is 25.9 Å². The van der Waals surface area contributed by atoms with Crippen LogP contribution in [0, 0.1) is 0 Å². The summed E-state index contributed by atoms with van der Waals surface area (Å²) >= 11 is 0. The van der Waals surface area contributed by atoms with Gasteiger partial charge in [-0.3, -0.25) is 4.79 Å². The highest BCUT2D eigenvalue weighted by Gasteiger charge is 2.25. The summed E-state index contributed by atoms with van der Waals surface area (Å²) < 4.78 is 0. The van der Waals surface area contributed by atoms with Gasteiger partial charge in [0.2, 0.25) is 5.91 Å². The van der Waals surface area contributed by atoms with Crippen LogP contribution in [0.5, 0.6) is 0 Å². The minimum Gasteiger partial charge on any atom is -0.340 e. The van der Waals surface area contributed by atoms with Crippen molar-refractivity contribution < 1.29 is 4.79 Å². The van der Waals surface area contributed by atoms with Crippen LogP contribution in [-0.2, 0) is 4.79 Å². The lowest BCUT2D eigenvalue weighted by Gasteiger charge is -2.14. The minimum absolute atomic E-state index is 0.0185. The Morgan fingerprint density at radius 3 is 2.38 bits per heavy atom. The second kappa shape index (κ2) is 5.94. The Kier molecular flexibility index (Phi) is 5.66. The van der Waals surface area contributed by atoms with Gasteiger partial charge < -0.3 is 5.32 Å². The first kappa shape index (κ1) is 12.4. The Balaban J connectivity index is 0.000000671. The number of hydrogen-bond acceptors (Lipinski definition) is 3. The van der Waals surface area contributed by atoms with Crippen LogP contribution in [0.4, 0.5) is 0 Å². The van der Waals surface area contributed by atoms with Crippen LogP contribution >= 0.6 is 0 Å². The monoisotopic (exact) mass is 187 g/mol. The average Bonchev–Trinajstić information content (AvgIpc) is 2.34. The van der Waals surface area contributed by atoms with E-state index in [0.717, 1.165) is 6.42 Å². The molecule has 1 saturated heterocycles. The minimum atomic E-state index is 0.0185. The van der Waals surface area contributed by atoms with Crippen molar-refractivity contribution in [2.45, 2.75) is 46.3 Å². The summed E-state index contributed by atoms with van der Waals surface area (Å²) in [5, 5.41) is 4.83. The Labute approximate surface area is 80.7 Å².